The van der Waals surface area contributed by atoms with Crippen LogP contribution in [0.4, 0.5) is 0 Å². The van der Waals surface area contributed by atoms with Crippen molar-refractivity contribution in [3.63, 3.8) is 0 Å². The first-order chi connectivity index (χ1) is 20.1. The average molecular weight is 538 g/mol. The van der Waals surface area contributed by atoms with E-state index in [2.05, 4.69) is 84.3 Å². The summed E-state index contributed by atoms with van der Waals surface area (Å²) in [6.07, 6.45) is 3.73. The Morgan fingerprint density at radius 2 is 1.20 bits per heavy atom. The molecule has 0 aliphatic carbocycles. The molecule has 6 rings (SSSR count). The first-order valence-electron chi connectivity index (χ1n) is 13.7. The van der Waals surface area contributed by atoms with Crippen molar-refractivity contribution in [2.75, 3.05) is 7.11 Å². The number of nitrogens with zero attached hydrogens (tertiary/aromatic N) is 3. The molecule has 5 nitrogen and oxygen atoms in total. The van der Waals surface area contributed by atoms with Gasteiger partial charge in [-0.1, -0.05) is 109 Å². The molecule has 0 aliphatic heterocycles. The molecule has 2 heterocycles. The Kier molecular flexibility index (Phi) is 7.09. The Balaban J connectivity index is 1.51. The van der Waals surface area contributed by atoms with Crippen LogP contribution >= 0.6 is 0 Å². The van der Waals surface area contributed by atoms with Crippen LogP contribution in [0.1, 0.15) is 28.1 Å². The van der Waals surface area contributed by atoms with Gasteiger partial charge in [-0.25, -0.2) is 4.98 Å². The summed E-state index contributed by atoms with van der Waals surface area (Å²) in [7, 11) is 1.62. The highest BCUT2D eigenvalue weighted by atomic mass is 16.5. The van der Waals surface area contributed by atoms with E-state index in [1.807, 2.05) is 67.1 Å². The molecule has 202 valence electrons. The zero-order valence-corrected chi connectivity index (χ0v) is 23.1. The zero-order chi connectivity index (χ0) is 28.2. The van der Waals surface area contributed by atoms with E-state index in [0.29, 0.717) is 17.9 Å². The highest BCUT2D eigenvalue weighted by molar-refractivity contribution is 5.69. The van der Waals surface area contributed by atoms with Crippen LogP contribution in [-0.4, -0.2) is 21.2 Å². The van der Waals surface area contributed by atoms with Crippen molar-refractivity contribution in [3.8, 4) is 16.9 Å². The summed E-state index contributed by atoms with van der Waals surface area (Å²) in [6.45, 7) is 2.43. The van der Waals surface area contributed by atoms with Crippen molar-refractivity contribution >= 4 is 0 Å². The predicted octanol–water partition coefficient (Wildman–Crippen LogP) is 6.92. The summed E-state index contributed by atoms with van der Waals surface area (Å²) in [4.78, 5) is 18.6. The number of para-hydroxylation sites is 1. The van der Waals surface area contributed by atoms with Crippen molar-refractivity contribution in [1.82, 2.24) is 14.1 Å². The fourth-order valence-corrected chi connectivity index (χ4v) is 5.79. The third-order valence-corrected chi connectivity index (χ3v) is 7.78. The molecule has 0 saturated carbocycles. The fourth-order valence-electron chi connectivity index (χ4n) is 5.79. The van der Waals surface area contributed by atoms with E-state index < -0.39 is 5.54 Å². The Labute approximate surface area is 240 Å². The fraction of sp³-hybridized carbons (Fsp3) is 0.111. The minimum atomic E-state index is -0.663. The Morgan fingerprint density at radius 1 is 0.683 bits per heavy atom. The molecule has 0 unspecified atom stereocenters. The summed E-state index contributed by atoms with van der Waals surface area (Å²) in [5, 5.41) is 0. The smallest absolute Gasteiger partial charge is 0.258 e. The van der Waals surface area contributed by atoms with Gasteiger partial charge in [-0.3, -0.25) is 4.79 Å². The van der Waals surface area contributed by atoms with Gasteiger partial charge in [-0.15, -0.1) is 0 Å². The molecule has 0 fully saturated rings. The Hall–Kier alpha value is -5.16. The maximum absolute atomic E-state index is 13.7. The van der Waals surface area contributed by atoms with Gasteiger partial charge in [0.25, 0.3) is 5.56 Å². The van der Waals surface area contributed by atoms with Crippen molar-refractivity contribution in [1.29, 1.82) is 0 Å². The van der Waals surface area contributed by atoms with Gasteiger partial charge in [0.05, 0.1) is 31.2 Å². The van der Waals surface area contributed by atoms with Gasteiger partial charge in [0.15, 0.2) is 0 Å². The van der Waals surface area contributed by atoms with E-state index >= 15 is 0 Å². The lowest BCUT2D eigenvalue weighted by atomic mass is 9.76. The molecule has 41 heavy (non-hydrogen) atoms. The van der Waals surface area contributed by atoms with Gasteiger partial charge in [0.2, 0.25) is 0 Å². The second-order valence-electron chi connectivity index (χ2n) is 10.0. The number of hydrogen-bond acceptors (Lipinski definition) is 3. The maximum atomic E-state index is 13.7. The SMILES string of the molecule is COc1ccccc1-c1cccn(Cc2ncn(C(c3ccccc3)(c3ccccc3)c3ccccc3)c2C)c1=O. The number of benzene rings is 4. The van der Waals surface area contributed by atoms with Crippen molar-refractivity contribution in [2.24, 2.45) is 0 Å². The monoisotopic (exact) mass is 537 g/mol. The molecule has 0 aliphatic rings. The molecule has 5 heteroatoms. The molecule has 0 bridgehead atoms. The van der Waals surface area contributed by atoms with Crippen LogP contribution in [0, 0.1) is 6.92 Å². The minimum Gasteiger partial charge on any atom is -0.496 e. The molecule has 2 aromatic heterocycles. The zero-order valence-electron chi connectivity index (χ0n) is 23.1. The molecule has 6 aromatic rings. The van der Waals surface area contributed by atoms with E-state index in [1.54, 1.807) is 11.7 Å². The summed E-state index contributed by atoms with van der Waals surface area (Å²) in [6, 6.07) is 42.9. The number of hydrogen-bond donors (Lipinski definition) is 0. The number of aromatic nitrogens is 3. The molecular formula is C36H31N3O2. The average Bonchev–Trinajstić information content (AvgIpc) is 3.40. The quantitative estimate of drug-likeness (QED) is 0.198. The second-order valence-corrected chi connectivity index (χ2v) is 10.0. The largest absolute Gasteiger partial charge is 0.496 e. The van der Waals surface area contributed by atoms with Gasteiger partial charge in [0.1, 0.15) is 11.3 Å². The standard InChI is InChI=1S/C36H31N3O2/c1-27-33(25-38-24-14-22-32(35(38)40)31-21-12-13-23-34(31)41-2)37-26-39(27)36(28-15-6-3-7-16-28,29-17-8-4-9-18-29)30-19-10-5-11-20-30/h3-24,26H,25H2,1-2H3. The number of pyridine rings is 1. The van der Waals surface area contributed by atoms with Crippen LogP contribution in [0.3, 0.4) is 0 Å². The third-order valence-electron chi connectivity index (χ3n) is 7.78. The van der Waals surface area contributed by atoms with Gasteiger partial charge < -0.3 is 13.9 Å². The highest BCUT2D eigenvalue weighted by Gasteiger charge is 2.39. The lowest BCUT2D eigenvalue weighted by Gasteiger charge is -2.38. The molecule has 0 saturated heterocycles. The molecule has 0 spiro atoms. The first kappa shape index (κ1) is 26.1. The van der Waals surface area contributed by atoms with E-state index in [-0.39, 0.29) is 5.56 Å². The van der Waals surface area contributed by atoms with Crippen molar-refractivity contribution in [2.45, 2.75) is 19.0 Å². The number of methoxy groups -OCH3 is 1. The van der Waals surface area contributed by atoms with Gasteiger partial charge >= 0.3 is 0 Å². The first-order valence-corrected chi connectivity index (χ1v) is 13.7. The molecular weight excluding hydrogens is 506 g/mol. The van der Waals surface area contributed by atoms with Crippen molar-refractivity contribution < 1.29 is 4.74 Å². The van der Waals surface area contributed by atoms with E-state index in [4.69, 9.17) is 9.72 Å². The van der Waals surface area contributed by atoms with Gasteiger partial charge in [-0.05, 0) is 41.8 Å². The third kappa shape index (κ3) is 4.55. The predicted molar refractivity (Wildman–Crippen MR) is 163 cm³/mol. The van der Waals surface area contributed by atoms with Crippen LogP contribution in [0.5, 0.6) is 5.75 Å². The van der Waals surface area contributed by atoms with Crippen LogP contribution in [0.25, 0.3) is 11.1 Å². The molecule has 0 atom stereocenters. The molecule has 0 amide bonds. The van der Waals surface area contributed by atoms with Crippen LogP contribution < -0.4 is 10.3 Å². The van der Waals surface area contributed by atoms with E-state index in [9.17, 15) is 4.79 Å². The van der Waals surface area contributed by atoms with Crippen LogP contribution in [-0.2, 0) is 12.1 Å². The summed E-state index contributed by atoms with van der Waals surface area (Å²) >= 11 is 0. The van der Waals surface area contributed by atoms with Crippen LogP contribution in [0.2, 0.25) is 0 Å². The lowest BCUT2D eigenvalue weighted by molar-refractivity contribution is 0.416. The topological polar surface area (TPSA) is 49.0 Å². The molecule has 0 N–H and O–H groups in total. The number of rotatable bonds is 8. The van der Waals surface area contributed by atoms with Gasteiger partial charge in [0, 0.05) is 17.5 Å². The van der Waals surface area contributed by atoms with Gasteiger partial charge in [-0.2, -0.15) is 0 Å². The second kappa shape index (κ2) is 11.1. The minimum absolute atomic E-state index is 0.0913. The van der Waals surface area contributed by atoms with Crippen LogP contribution in [0.15, 0.2) is 145 Å². The van der Waals surface area contributed by atoms with E-state index in [0.717, 1.165) is 33.6 Å². The summed E-state index contributed by atoms with van der Waals surface area (Å²) in [5.74, 6) is 0.668. The molecule has 0 radical (unpaired) electrons. The van der Waals surface area contributed by atoms with E-state index in [1.165, 1.54) is 0 Å². The van der Waals surface area contributed by atoms with Crippen molar-refractivity contribution in [3.05, 3.63) is 178 Å². The number of ether oxygens (including phenoxy) is 1. The summed E-state index contributed by atoms with van der Waals surface area (Å²) in [5.41, 5.74) is 5.80. The lowest BCUT2D eigenvalue weighted by Crippen LogP contribution is -2.38. The Morgan fingerprint density at radius 3 is 1.76 bits per heavy atom. The molecule has 4 aromatic carbocycles. The maximum Gasteiger partial charge on any atom is 0.258 e. The normalized spacial score (nSPS) is 11.4. The summed E-state index contributed by atoms with van der Waals surface area (Å²) < 4.78 is 9.50. The Bertz CT molecular complexity index is 1730. The highest BCUT2D eigenvalue weighted by Crippen LogP contribution is 2.42. The number of imidazole rings is 1.